The molecule has 0 radical (unpaired) electrons. The molecule has 2 N–H and O–H groups in total. The molecule has 0 atom stereocenters. The van der Waals surface area contributed by atoms with Crippen molar-refractivity contribution < 1.29 is 27.3 Å². The molecule has 0 heterocycles. The highest BCUT2D eigenvalue weighted by Crippen LogP contribution is 2.20. The van der Waals surface area contributed by atoms with Crippen LogP contribution < -0.4 is 0 Å². The third kappa shape index (κ3) is 7.45. The minimum Gasteiger partial charge on any atom is -0.384 e. The van der Waals surface area contributed by atoms with E-state index in [4.69, 9.17) is 21.3 Å². The van der Waals surface area contributed by atoms with Gasteiger partial charge in [-0.3, -0.25) is 9.35 Å². The van der Waals surface area contributed by atoms with Crippen molar-refractivity contribution in [2.75, 3.05) is 12.9 Å². The molecule has 0 amide bonds. The summed E-state index contributed by atoms with van der Waals surface area (Å²) in [4.78, 5) is 12.4. The largest absolute Gasteiger partial charge is 0.384 e. The first-order valence-electron chi connectivity index (χ1n) is 6.74. The summed E-state index contributed by atoms with van der Waals surface area (Å²) in [5.41, 5.74) is 0.571. The highest BCUT2D eigenvalue weighted by atomic mass is 35.5. The van der Waals surface area contributed by atoms with Gasteiger partial charge in [-0.25, -0.2) is 4.39 Å². The number of rotatable bonds is 2. The van der Waals surface area contributed by atoms with E-state index in [0.717, 1.165) is 0 Å². The fourth-order valence-electron chi connectivity index (χ4n) is 1.74. The zero-order chi connectivity index (χ0) is 19.0. The van der Waals surface area contributed by atoms with Crippen LogP contribution in [0.15, 0.2) is 42.5 Å². The topological polar surface area (TPSA) is 91.7 Å². The first-order chi connectivity index (χ1) is 11.6. The minimum atomic E-state index is -3.67. The van der Waals surface area contributed by atoms with E-state index in [1.54, 1.807) is 18.2 Å². The van der Waals surface area contributed by atoms with E-state index in [9.17, 15) is 17.6 Å². The Hall–Kier alpha value is -2.24. The van der Waals surface area contributed by atoms with E-state index in [1.165, 1.54) is 24.3 Å². The molecule has 0 fully saturated rings. The third-order valence-corrected chi connectivity index (χ3v) is 2.88. The number of benzene rings is 2. The van der Waals surface area contributed by atoms with Crippen LogP contribution in [-0.4, -0.2) is 36.7 Å². The second-order valence-electron chi connectivity index (χ2n) is 4.69. The molecule has 2 aromatic carbocycles. The lowest BCUT2D eigenvalue weighted by Crippen LogP contribution is -2.06. The number of hydrogen-bond acceptors (Lipinski definition) is 4. The summed E-state index contributed by atoms with van der Waals surface area (Å²) in [7, 11) is -3.67. The Labute approximate surface area is 149 Å². The minimum absolute atomic E-state index is 0.0400. The molecule has 25 heavy (non-hydrogen) atoms. The van der Waals surface area contributed by atoms with E-state index in [0.29, 0.717) is 16.8 Å². The van der Waals surface area contributed by atoms with Gasteiger partial charge in [-0.15, -0.1) is 0 Å². The van der Waals surface area contributed by atoms with Gasteiger partial charge in [0.2, 0.25) is 0 Å². The molecule has 0 spiro atoms. The third-order valence-electron chi connectivity index (χ3n) is 2.65. The van der Waals surface area contributed by atoms with E-state index in [1.807, 2.05) is 0 Å². The fraction of sp³-hybridized carbons (Fsp3) is 0.118. The van der Waals surface area contributed by atoms with Crippen molar-refractivity contribution in [1.29, 1.82) is 0 Å². The molecule has 2 rings (SSSR count). The second-order valence-corrected chi connectivity index (χ2v) is 6.59. The van der Waals surface area contributed by atoms with Gasteiger partial charge < -0.3 is 5.11 Å². The van der Waals surface area contributed by atoms with E-state index in [-0.39, 0.29) is 17.7 Å². The van der Waals surface area contributed by atoms with Crippen LogP contribution >= 0.6 is 11.6 Å². The Balaban J connectivity index is 0.000000550. The summed E-state index contributed by atoms with van der Waals surface area (Å²) >= 11 is 5.88. The fourth-order valence-corrected chi connectivity index (χ4v) is 1.91. The van der Waals surface area contributed by atoms with Gasteiger partial charge in [-0.05, 0) is 30.3 Å². The zero-order valence-electron chi connectivity index (χ0n) is 13.0. The number of ketones is 1. The number of aliphatic hydroxyl groups excluding tert-OH is 1. The van der Waals surface area contributed by atoms with Gasteiger partial charge in [0.15, 0.2) is 5.78 Å². The molecule has 0 aliphatic heterocycles. The number of carbonyl (C=O) groups is 1. The van der Waals surface area contributed by atoms with Crippen molar-refractivity contribution in [2.45, 2.75) is 0 Å². The summed E-state index contributed by atoms with van der Waals surface area (Å²) in [5, 5.41) is 9.09. The van der Waals surface area contributed by atoms with Crippen molar-refractivity contribution in [2.24, 2.45) is 0 Å². The Bertz CT molecular complexity index is 922. The van der Waals surface area contributed by atoms with Gasteiger partial charge in [0.1, 0.15) is 12.4 Å². The molecule has 0 aliphatic carbocycles. The second kappa shape index (κ2) is 9.30. The van der Waals surface area contributed by atoms with Crippen LogP contribution in [0.2, 0.25) is 5.02 Å². The molecule has 0 saturated carbocycles. The monoisotopic (exact) mass is 384 g/mol. The van der Waals surface area contributed by atoms with Crippen molar-refractivity contribution >= 4 is 27.5 Å². The highest BCUT2D eigenvalue weighted by molar-refractivity contribution is 7.85. The standard InChI is InChI=1S/C16H10ClFO2.CH4O3S/c17-12-8-7-11(4-3-9-19)14(10-12)16(20)13-5-1-2-6-15(13)18;1-5(2,3)4/h1-2,5-8,10,19H,9H2;1H3,(H,2,3,4). The molecule has 132 valence electrons. The molecule has 0 saturated heterocycles. The smallest absolute Gasteiger partial charge is 0.261 e. The predicted octanol–water partition coefficient (Wildman–Crippen LogP) is 2.56. The summed E-state index contributed by atoms with van der Waals surface area (Å²) < 4.78 is 39.5. The molecule has 8 heteroatoms. The zero-order valence-corrected chi connectivity index (χ0v) is 14.6. The molecule has 5 nitrogen and oxygen atoms in total. The quantitative estimate of drug-likeness (QED) is 0.471. The molecule has 0 unspecified atom stereocenters. The van der Waals surface area contributed by atoms with E-state index >= 15 is 0 Å². The number of hydrogen-bond donors (Lipinski definition) is 2. The maximum Gasteiger partial charge on any atom is 0.261 e. The van der Waals surface area contributed by atoms with Gasteiger partial charge in [0.05, 0.1) is 11.8 Å². The SMILES string of the molecule is CS(=O)(=O)O.O=C(c1ccccc1F)c1cc(Cl)ccc1C#CCO. The number of carbonyl (C=O) groups excluding carboxylic acids is 1. The average molecular weight is 385 g/mol. The Morgan fingerprint density at radius 3 is 2.36 bits per heavy atom. The van der Waals surface area contributed by atoms with Crippen molar-refractivity contribution in [3.05, 3.63) is 70.0 Å². The normalized spacial score (nSPS) is 10.1. The van der Waals surface area contributed by atoms with Crippen LogP contribution in [0.25, 0.3) is 0 Å². The molecule has 0 aromatic heterocycles. The lowest BCUT2D eigenvalue weighted by molar-refractivity contribution is 0.103. The van der Waals surface area contributed by atoms with Gasteiger partial charge in [-0.1, -0.05) is 35.6 Å². The van der Waals surface area contributed by atoms with Crippen LogP contribution in [0, 0.1) is 17.7 Å². The van der Waals surface area contributed by atoms with Gasteiger partial charge in [-0.2, -0.15) is 8.42 Å². The maximum atomic E-state index is 13.7. The molecular weight excluding hydrogens is 371 g/mol. The predicted molar refractivity (Wildman–Crippen MR) is 92.7 cm³/mol. The summed E-state index contributed by atoms with van der Waals surface area (Å²) in [6.07, 6.45) is 0.715. The van der Waals surface area contributed by atoms with Gasteiger partial charge in [0.25, 0.3) is 10.1 Å². The van der Waals surface area contributed by atoms with Crippen LogP contribution in [0.1, 0.15) is 21.5 Å². The molecule has 0 aliphatic rings. The van der Waals surface area contributed by atoms with E-state index in [2.05, 4.69) is 11.8 Å². The first-order valence-corrected chi connectivity index (χ1v) is 8.97. The van der Waals surface area contributed by atoms with Gasteiger partial charge in [0, 0.05) is 16.1 Å². The first kappa shape index (κ1) is 20.8. The number of aliphatic hydroxyl groups is 1. The van der Waals surface area contributed by atoms with Crippen LogP contribution in [0.3, 0.4) is 0 Å². The summed E-state index contributed by atoms with van der Waals surface area (Å²) in [5.74, 6) is 4.03. The Morgan fingerprint density at radius 2 is 1.80 bits per heavy atom. The van der Waals surface area contributed by atoms with Crippen LogP contribution in [0.4, 0.5) is 4.39 Å². The molecule has 0 bridgehead atoms. The Kier molecular flexibility index (Phi) is 7.74. The number of halogens is 2. The lowest BCUT2D eigenvalue weighted by atomic mass is 9.98. The Morgan fingerprint density at radius 1 is 1.20 bits per heavy atom. The average Bonchev–Trinajstić information content (AvgIpc) is 2.52. The van der Waals surface area contributed by atoms with Crippen molar-refractivity contribution in [3.63, 3.8) is 0 Å². The van der Waals surface area contributed by atoms with E-state index < -0.39 is 21.7 Å². The van der Waals surface area contributed by atoms with Crippen molar-refractivity contribution in [1.82, 2.24) is 0 Å². The maximum absolute atomic E-state index is 13.7. The molecular formula is C17H14ClFO5S. The van der Waals surface area contributed by atoms with Crippen LogP contribution in [-0.2, 0) is 10.1 Å². The van der Waals surface area contributed by atoms with Crippen molar-refractivity contribution in [3.8, 4) is 11.8 Å². The molecule has 2 aromatic rings. The summed E-state index contributed by atoms with van der Waals surface area (Å²) in [6, 6.07) is 10.3. The van der Waals surface area contributed by atoms with Crippen LogP contribution in [0.5, 0.6) is 0 Å². The highest BCUT2D eigenvalue weighted by Gasteiger charge is 2.16. The summed E-state index contributed by atoms with van der Waals surface area (Å²) in [6.45, 7) is -0.323. The lowest BCUT2D eigenvalue weighted by Gasteiger charge is -2.06. The van der Waals surface area contributed by atoms with Gasteiger partial charge >= 0.3 is 0 Å².